The molecule has 2 nitrogen and oxygen atoms in total. The molecule has 0 unspecified atom stereocenters. The van der Waals surface area contributed by atoms with Crippen LogP contribution in [0.4, 0.5) is 0 Å². The Morgan fingerprint density at radius 2 is 2.20 bits per heavy atom. The fourth-order valence-corrected chi connectivity index (χ4v) is 1.87. The Morgan fingerprint density at radius 3 is 2.93 bits per heavy atom. The Labute approximate surface area is 93.5 Å². The van der Waals surface area contributed by atoms with E-state index < -0.39 is 0 Å². The first-order chi connectivity index (χ1) is 7.22. The summed E-state index contributed by atoms with van der Waals surface area (Å²) in [6, 6.07) is 5.35. The summed E-state index contributed by atoms with van der Waals surface area (Å²) < 4.78 is 0. The fraction of sp³-hybridized carbons (Fsp3) is 0.250. The van der Waals surface area contributed by atoms with Crippen molar-refractivity contribution in [3.8, 4) is 5.75 Å². The molecule has 78 valence electrons. The Balaban J connectivity index is 2.66. The second kappa shape index (κ2) is 4.07. The largest absolute Gasteiger partial charge is 0.508 e. The predicted octanol–water partition coefficient (Wildman–Crippen LogP) is 3.55. The van der Waals surface area contributed by atoms with E-state index in [1.165, 1.54) is 0 Å². The minimum atomic E-state index is 0.305. The average Bonchev–Trinajstić information content (AvgIpc) is 2.21. The molecule has 0 spiro atoms. The van der Waals surface area contributed by atoms with Crippen LogP contribution in [0.3, 0.4) is 0 Å². The maximum atomic E-state index is 9.75. The van der Waals surface area contributed by atoms with E-state index in [4.69, 9.17) is 11.6 Å². The number of halogens is 1. The zero-order valence-corrected chi connectivity index (χ0v) is 9.25. The number of hydrogen-bond donors (Lipinski definition) is 1. The van der Waals surface area contributed by atoms with Crippen LogP contribution >= 0.6 is 11.6 Å². The summed E-state index contributed by atoms with van der Waals surface area (Å²) in [6.07, 6.45) is 3.49. The lowest BCUT2D eigenvalue weighted by Gasteiger charge is -2.06. The highest BCUT2D eigenvalue weighted by Crippen LogP contribution is 2.28. The van der Waals surface area contributed by atoms with E-state index in [0.717, 1.165) is 29.3 Å². The second-order valence-corrected chi connectivity index (χ2v) is 3.95. The molecule has 0 aliphatic carbocycles. The number of rotatable bonds is 2. The van der Waals surface area contributed by atoms with Gasteiger partial charge >= 0.3 is 0 Å². The standard InChI is InChI=1S/C12H12ClNO/c1-2-3-8-6-9-10(13)4-5-14-11(9)7-12(8)15/h4-7,15H,2-3H2,1H3. The number of benzene rings is 1. The summed E-state index contributed by atoms with van der Waals surface area (Å²) >= 11 is 6.06. The smallest absolute Gasteiger partial charge is 0.120 e. The van der Waals surface area contributed by atoms with Crippen molar-refractivity contribution < 1.29 is 5.11 Å². The van der Waals surface area contributed by atoms with E-state index in [1.807, 2.05) is 6.07 Å². The predicted molar refractivity (Wildman–Crippen MR) is 62.4 cm³/mol. The van der Waals surface area contributed by atoms with Crippen LogP contribution in [0.15, 0.2) is 24.4 Å². The SMILES string of the molecule is CCCc1cc2c(Cl)ccnc2cc1O. The number of phenolic OH excluding ortho intramolecular Hbond substituents is 1. The van der Waals surface area contributed by atoms with Crippen LogP contribution < -0.4 is 0 Å². The molecule has 1 aromatic carbocycles. The van der Waals surface area contributed by atoms with Gasteiger partial charge in [0.2, 0.25) is 0 Å². The van der Waals surface area contributed by atoms with Crippen molar-refractivity contribution in [2.24, 2.45) is 0 Å². The Morgan fingerprint density at radius 1 is 1.40 bits per heavy atom. The summed E-state index contributed by atoms with van der Waals surface area (Å²) in [4.78, 5) is 4.16. The molecule has 0 saturated heterocycles. The highest BCUT2D eigenvalue weighted by atomic mass is 35.5. The second-order valence-electron chi connectivity index (χ2n) is 3.54. The van der Waals surface area contributed by atoms with Gasteiger partial charge in [-0.05, 0) is 24.1 Å². The molecule has 1 N–H and O–H groups in total. The Bertz CT molecular complexity index is 496. The molecule has 2 rings (SSSR count). The quantitative estimate of drug-likeness (QED) is 0.842. The van der Waals surface area contributed by atoms with E-state index in [-0.39, 0.29) is 0 Å². The maximum absolute atomic E-state index is 9.75. The number of aryl methyl sites for hydroxylation is 1. The molecular weight excluding hydrogens is 210 g/mol. The van der Waals surface area contributed by atoms with E-state index in [9.17, 15) is 5.11 Å². The van der Waals surface area contributed by atoms with Gasteiger partial charge < -0.3 is 5.11 Å². The van der Waals surface area contributed by atoms with Gasteiger partial charge in [-0.3, -0.25) is 4.98 Å². The maximum Gasteiger partial charge on any atom is 0.120 e. The highest BCUT2D eigenvalue weighted by molar-refractivity contribution is 6.35. The van der Waals surface area contributed by atoms with E-state index >= 15 is 0 Å². The zero-order valence-electron chi connectivity index (χ0n) is 8.50. The van der Waals surface area contributed by atoms with Gasteiger partial charge in [0.1, 0.15) is 5.75 Å². The van der Waals surface area contributed by atoms with E-state index in [1.54, 1.807) is 18.3 Å². The van der Waals surface area contributed by atoms with Crippen LogP contribution in [0.1, 0.15) is 18.9 Å². The van der Waals surface area contributed by atoms with Crippen molar-refractivity contribution in [2.75, 3.05) is 0 Å². The molecule has 0 bridgehead atoms. The number of aromatic nitrogens is 1. The molecule has 0 atom stereocenters. The third-order valence-electron chi connectivity index (χ3n) is 2.41. The number of phenols is 1. The number of pyridine rings is 1. The van der Waals surface area contributed by atoms with Crippen LogP contribution in [-0.4, -0.2) is 10.1 Å². The van der Waals surface area contributed by atoms with Gasteiger partial charge in [0.05, 0.1) is 10.5 Å². The van der Waals surface area contributed by atoms with Crippen LogP contribution in [0.25, 0.3) is 10.9 Å². The molecule has 0 aliphatic heterocycles. The van der Waals surface area contributed by atoms with Crippen molar-refractivity contribution in [2.45, 2.75) is 19.8 Å². The summed E-state index contributed by atoms with van der Waals surface area (Å²) in [5.41, 5.74) is 1.67. The fourth-order valence-electron chi connectivity index (χ4n) is 1.66. The first-order valence-electron chi connectivity index (χ1n) is 4.98. The Hall–Kier alpha value is -1.28. The lowest BCUT2D eigenvalue weighted by atomic mass is 10.1. The first kappa shape index (κ1) is 10.2. The van der Waals surface area contributed by atoms with Gasteiger partial charge in [-0.1, -0.05) is 24.9 Å². The summed E-state index contributed by atoms with van der Waals surface area (Å²) in [5.74, 6) is 0.305. The molecule has 1 aromatic heterocycles. The molecule has 0 amide bonds. The van der Waals surface area contributed by atoms with Crippen molar-refractivity contribution in [3.05, 3.63) is 35.0 Å². The summed E-state index contributed by atoms with van der Waals surface area (Å²) in [6.45, 7) is 2.08. The summed E-state index contributed by atoms with van der Waals surface area (Å²) in [5, 5.41) is 11.3. The van der Waals surface area contributed by atoms with Gasteiger partial charge in [0.15, 0.2) is 0 Å². The lowest BCUT2D eigenvalue weighted by Crippen LogP contribution is -1.87. The topological polar surface area (TPSA) is 33.1 Å². The van der Waals surface area contributed by atoms with Crippen molar-refractivity contribution in [1.82, 2.24) is 4.98 Å². The van der Waals surface area contributed by atoms with Crippen molar-refractivity contribution >= 4 is 22.5 Å². The number of aromatic hydroxyl groups is 1. The molecule has 0 fully saturated rings. The van der Waals surface area contributed by atoms with Crippen molar-refractivity contribution in [3.63, 3.8) is 0 Å². The van der Waals surface area contributed by atoms with Gasteiger partial charge in [-0.15, -0.1) is 0 Å². The minimum absolute atomic E-state index is 0.305. The van der Waals surface area contributed by atoms with Crippen LogP contribution in [-0.2, 0) is 6.42 Å². The molecule has 0 aliphatic rings. The minimum Gasteiger partial charge on any atom is -0.508 e. The number of fused-ring (bicyclic) bond motifs is 1. The van der Waals surface area contributed by atoms with E-state index in [2.05, 4.69) is 11.9 Å². The molecular formula is C12H12ClNO. The van der Waals surface area contributed by atoms with Gasteiger partial charge in [0, 0.05) is 17.6 Å². The molecule has 3 heteroatoms. The molecule has 0 saturated carbocycles. The Kier molecular flexibility index (Phi) is 2.78. The van der Waals surface area contributed by atoms with Crippen molar-refractivity contribution in [1.29, 1.82) is 0 Å². The van der Waals surface area contributed by atoms with Crippen LogP contribution in [0.5, 0.6) is 5.75 Å². The normalized spacial score (nSPS) is 10.8. The first-order valence-corrected chi connectivity index (χ1v) is 5.36. The van der Waals surface area contributed by atoms with Gasteiger partial charge in [0.25, 0.3) is 0 Å². The molecule has 15 heavy (non-hydrogen) atoms. The third kappa shape index (κ3) is 1.90. The monoisotopic (exact) mass is 221 g/mol. The van der Waals surface area contributed by atoms with Gasteiger partial charge in [-0.2, -0.15) is 0 Å². The van der Waals surface area contributed by atoms with Crippen LogP contribution in [0.2, 0.25) is 5.02 Å². The zero-order chi connectivity index (χ0) is 10.8. The number of hydrogen-bond acceptors (Lipinski definition) is 2. The van der Waals surface area contributed by atoms with Crippen LogP contribution in [0, 0.1) is 0 Å². The van der Waals surface area contributed by atoms with Gasteiger partial charge in [-0.25, -0.2) is 0 Å². The molecule has 0 radical (unpaired) electrons. The third-order valence-corrected chi connectivity index (χ3v) is 2.74. The molecule has 2 aromatic rings. The lowest BCUT2D eigenvalue weighted by molar-refractivity contribution is 0.468. The average molecular weight is 222 g/mol. The highest BCUT2D eigenvalue weighted by Gasteiger charge is 2.06. The van der Waals surface area contributed by atoms with E-state index in [0.29, 0.717) is 10.8 Å². The summed E-state index contributed by atoms with van der Waals surface area (Å²) in [7, 11) is 0. The number of nitrogens with zero attached hydrogens (tertiary/aromatic N) is 1. The molecule has 1 heterocycles.